The van der Waals surface area contributed by atoms with Crippen molar-refractivity contribution >= 4 is 17.3 Å². The van der Waals surface area contributed by atoms with Gasteiger partial charge in [-0.2, -0.15) is 0 Å². The lowest BCUT2D eigenvalue weighted by Gasteiger charge is -2.11. The van der Waals surface area contributed by atoms with Crippen molar-refractivity contribution < 1.29 is 4.74 Å². The summed E-state index contributed by atoms with van der Waals surface area (Å²) in [5, 5.41) is 7.59. The van der Waals surface area contributed by atoms with Crippen LogP contribution < -0.4 is 10.6 Å². The first-order valence-corrected chi connectivity index (χ1v) is 8.29. The maximum Gasteiger partial charge on any atom is 0.191 e. The van der Waals surface area contributed by atoms with Gasteiger partial charge in [0.1, 0.15) is 5.01 Å². The van der Waals surface area contributed by atoms with Gasteiger partial charge in [0.05, 0.1) is 18.8 Å². The topological polar surface area (TPSA) is 58.5 Å². The van der Waals surface area contributed by atoms with Gasteiger partial charge in [0.25, 0.3) is 0 Å². The molecule has 0 atom stereocenters. The van der Waals surface area contributed by atoms with E-state index in [1.165, 1.54) is 4.88 Å². The number of ether oxygens (including phenoxy) is 1. The summed E-state index contributed by atoms with van der Waals surface area (Å²) in [6.07, 6.45) is 1.11. The number of nitrogens with zero attached hydrogens (tertiary/aromatic N) is 2. The Balaban J connectivity index is 2.17. The summed E-state index contributed by atoms with van der Waals surface area (Å²) in [6.45, 7) is 11.5. The van der Waals surface area contributed by atoms with Crippen molar-refractivity contribution in [1.82, 2.24) is 15.6 Å². The fourth-order valence-corrected chi connectivity index (χ4v) is 2.53. The SMILES string of the molecule is CN=C(NCCOCCC(C)C)NCc1nc(C)c(C)s1. The standard InChI is InChI=1S/C15H28N4OS/c1-11(2)6-8-20-9-7-17-15(16-5)18-10-14-19-12(3)13(4)21-14/h11H,6-10H2,1-5H3,(H2,16,17,18). The van der Waals surface area contributed by atoms with Gasteiger partial charge in [-0.05, 0) is 26.2 Å². The Labute approximate surface area is 132 Å². The number of rotatable bonds is 8. The monoisotopic (exact) mass is 312 g/mol. The van der Waals surface area contributed by atoms with Gasteiger partial charge in [0.15, 0.2) is 5.96 Å². The minimum Gasteiger partial charge on any atom is -0.380 e. The molecule has 1 heterocycles. The van der Waals surface area contributed by atoms with E-state index < -0.39 is 0 Å². The zero-order chi connectivity index (χ0) is 15.7. The molecule has 0 radical (unpaired) electrons. The molecule has 1 rings (SSSR count). The number of hydrogen-bond acceptors (Lipinski definition) is 4. The molecule has 0 bridgehead atoms. The number of aromatic nitrogens is 1. The average molecular weight is 312 g/mol. The first-order chi connectivity index (χ1) is 10.0. The minimum absolute atomic E-state index is 0.692. The van der Waals surface area contributed by atoms with E-state index in [1.807, 2.05) is 6.92 Å². The highest BCUT2D eigenvalue weighted by Gasteiger charge is 2.04. The number of thiazole rings is 1. The molecule has 5 nitrogen and oxygen atoms in total. The molecule has 120 valence electrons. The summed E-state index contributed by atoms with van der Waals surface area (Å²) < 4.78 is 5.57. The van der Waals surface area contributed by atoms with Gasteiger partial charge in [-0.25, -0.2) is 4.98 Å². The lowest BCUT2D eigenvalue weighted by Crippen LogP contribution is -2.38. The smallest absolute Gasteiger partial charge is 0.191 e. The molecule has 0 saturated heterocycles. The van der Waals surface area contributed by atoms with Crippen LogP contribution >= 0.6 is 11.3 Å². The van der Waals surface area contributed by atoms with Crippen LogP contribution in [0.15, 0.2) is 4.99 Å². The first-order valence-electron chi connectivity index (χ1n) is 7.48. The van der Waals surface area contributed by atoms with Crippen LogP contribution in [0.4, 0.5) is 0 Å². The Morgan fingerprint density at radius 3 is 2.62 bits per heavy atom. The summed E-state index contributed by atoms with van der Waals surface area (Å²) in [5.74, 6) is 1.48. The summed E-state index contributed by atoms with van der Waals surface area (Å²) in [7, 11) is 1.77. The van der Waals surface area contributed by atoms with Crippen LogP contribution in [0.1, 0.15) is 35.8 Å². The number of aliphatic imine (C=N–C) groups is 1. The van der Waals surface area contributed by atoms with Crippen LogP contribution in [-0.4, -0.2) is 37.7 Å². The van der Waals surface area contributed by atoms with Crippen molar-refractivity contribution in [1.29, 1.82) is 0 Å². The molecule has 0 aromatic carbocycles. The van der Waals surface area contributed by atoms with E-state index in [1.54, 1.807) is 18.4 Å². The quantitative estimate of drug-likeness (QED) is 0.440. The van der Waals surface area contributed by atoms with Crippen LogP contribution in [0.25, 0.3) is 0 Å². The van der Waals surface area contributed by atoms with Gasteiger partial charge in [0.2, 0.25) is 0 Å². The molecule has 1 aromatic rings. The van der Waals surface area contributed by atoms with Crippen molar-refractivity contribution in [3.05, 3.63) is 15.6 Å². The van der Waals surface area contributed by atoms with E-state index in [0.717, 1.165) is 36.2 Å². The fraction of sp³-hybridized carbons (Fsp3) is 0.733. The molecule has 2 N–H and O–H groups in total. The van der Waals surface area contributed by atoms with Gasteiger partial charge in [-0.3, -0.25) is 4.99 Å². The van der Waals surface area contributed by atoms with Gasteiger partial charge < -0.3 is 15.4 Å². The van der Waals surface area contributed by atoms with E-state index >= 15 is 0 Å². The van der Waals surface area contributed by atoms with Crippen LogP contribution in [-0.2, 0) is 11.3 Å². The second-order valence-corrected chi connectivity index (χ2v) is 6.68. The maximum absolute atomic E-state index is 5.57. The summed E-state index contributed by atoms with van der Waals surface area (Å²) in [6, 6.07) is 0. The predicted molar refractivity (Wildman–Crippen MR) is 90.1 cm³/mol. The first kappa shape index (κ1) is 17.9. The second-order valence-electron chi connectivity index (χ2n) is 5.40. The molecule has 0 aliphatic rings. The number of aryl methyl sites for hydroxylation is 2. The molecular formula is C15H28N4OS. The third kappa shape index (κ3) is 7.43. The lowest BCUT2D eigenvalue weighted by molar-refractivity contribution is 0.128. The van der Waals surface area contributed by atoms with Crippen molar-refractivity contribution in [3.63, 3.8) is 0 Å². The lowest BCUT2D eigenvalue weighted by atomic mass is 10.1. The van der Waals surface area contributed by atoms with Crippen molar-refractivity contribution in [3.8, 4) is 0 Å². The van der Waals surface area contributed by atoms with Gasteiger partial charge >= 0.3 is 0 Å². The van der Waals surface area contributed by atoms with Crippen molar-refractivity contribution in [2.75, 3.05) is 26.8 Å². The van der Waals surface area contributed by atoms with Gasteiger partial charge in [-0.1, -0.05) is 13.8 Å². The molecule has 1 aromatic heterocycles. The van der Waals surface area contributed by atoms with Crippen LogP contribution in [0.5, 0.6) is 0 Å². The zero-order valence-electron chi connectivity index (χ0n) is 13.8. The molecule has 0 fully saturated rings. The summed E-state index contributed by atoms with van der Waals surface area (Å²) in [5.41, 5.74) is 1.11. The fourth-order valence-electron chi connectivity index (χ4n) is 1.66. The molecular weight excluding hydrogens is 284 g/mol. The largest absolute Gasteiger partial charge is 0.380 e. The third-order valence-electron chi connectivity index (χ3n) is 3.08. The third-order valence-corrected chi connectivity index (χ3v) is 4.15. The highest BCUT2D eigenvalue weighted by molar-refractivity contribution is 7.11. The molecule has 0 amide bonds. The Bertz CT molecular complexity index is 423. The molecule has 21 heavy (non-hydrogen) atoms. The van der Waals surface area contributed by atoms with E-state index in [9.17, 15) is 0 Å². The van der Waals surface area contributed by atoms with E-state index in [0.29, 0.717) is 19.1 Å². The van der Waals surface area contributed by atoms with Gasteiger partial charge in [0, 0.05) is 25.1 Å². The predicted octanol–water partition coefficient (Wildman–Crippen LogP) is 2.49. The summed E-state index contributed by atoms with van der Waals surface area (Å²) in [4.78, 5) is 9.97. The molecule has 0 aliphatic carbocycles. The Morgan fingerprint density at radius 2 is 2.05 bits per heavy atom. The van der Waals surface area contributed by atoms with Crippen LogP contribution in [0.2, 0.25) is 0 Å². The molecule has 0 aliphatic heterocycles. The number of nitrogens with one attached hydrogen (secondary N) is 2. The number of guanidine groups is 1. The Morgan fingerprint density at radius 1 is 1.29 bits per heavy atom. The molecule has 0 unspecified atom stereocenters. The highest BCUT2D eigenvalue weighted by atomic mass is 32.1. The van der Waals surface area contributed by atoms with E-state index in [2.05, 4.69) is 41.4 Å². The van der Waals surface area contributed by atoms with E-state index in [-0.39, 0.29) is 0 Å². The maximum atomic E-state index is 5.57. The van der Waals surface area contributed by atoms with Gasteiger partial charge in [-0.15, -0.1) is 11.3 Å². The Kier molecular flexibility index (Phi) is 8.30. The van der Waals surface area contributed by atoms with Crippen LogP contribution in [0.3, 0.4) is 0 Å². The number of hydrogen-bond donors (Lipinski definition) is 2. The van der Waals surface area contributed by atoms with E-state index in [4.69, 9.17) is 4.74 Å². The second kappa shape index (κ2) is 9.73. The van der Waals surface area contributed by atoms with Crippen molar-refractivity contribution in [2.24, 2.45) is 10.9 Å². The Hall–Kier alpha value is -1.14. The normalized spacial score (nSPS) is 12.0. The van der Waals surface area contributed by atoms with Crippen molar-refractivity contribution in [2.45, 2.75) is 40.7 Å². The summed E-state index contributed by atoms with van der Waals surface area (Å²) >= 11 is 1.72. The average Bonchev–Trinajstić information content (AvgIpc) is 2.76. The molecule has 6 heteroatoms. The zero-order valence-corrected chi connectivity index (χ0v) is 14.6. The minimum atomic E-state index is 0.692. The highest BCUT2D eigenvalue weighted by Crippen LogP contribution is 2.15. The molecule has 0 saturated carbocycles. The van der Waals surface area contributed by atoms with Crippen LogP contribution in [0, 0.1) is 19.8 Å². The molecule has 0 spiro atoms.